The maximum atomic E-state index is 12.1. The van der Waals surface area contributed by atoms with E-state index < -0.39 is 18.5 Å². The van der Waals surface area contributed by atoms with Crippen molar-refractivity contribution < 1.29 is 23.9 Å². The van der Waals surface area contributed by atoms with Crippen molar-refractivity contribution in [2.75, 3.05) is 23.8 Å². The quantitative estimate of drug-likeness (QED) is 0.606. The Labute approximate surface area is 175 Å². The summed E-state index contributed by atoms with van der Waals surface area (Å²) in [6.45, 7) is 6.35. The largest absolute Gasteiger partial charge is 0.452 e. The molecule has 3 amide bonds. The van der Waals surface area contributed by atoms with Crippen LogP contribution in [0, 0.1) is 20.8 Å². The lowest BCUT2D eigenvalue weighted by molar-refractivity contribution is -0.126. The van der Waals surface area contributed by atoms with Crippen molar-refractivity contribution >= 4 is 35.1 Å². The highest BCUT2D eigenvalue weighted by Crippen LogP contribution is 2.21. The van der Waals surface area contributed by atoms with E-state index in [0.29, 0.717) is 11.4 Å². The monoisotopic (exact) mass is 411 g/mol. The second kappa shape index (κ2) is 10.2. The van der Waals surface area contributed by atoms with Gasteiger partial charge in [-0.3, -0.25) is 14.4 Å². The van der Waals surface area contributed by atoms with E-state index in [9.17, 15) is 19.2 Å². The van der Waals surface area contributed by atoms with Gasteiger partial charge in [0.15, 0.2) is 6.61 Å². The first-order valence-electron chi connectivity index (χ1n) is 9.35. The van der Waals surface area contributed by atoms with E-state index >= 15 is 0 Å². The Hall–Kier alpha value is -3.68. The lowest BCUT2D eigenvalue weighted by Crippen LogP contribution is -2.35. The van der Waals surface area contributed by atoms with Crippen molar-refractivity contribution in [2.24, 2.45) is 0 Å². The molecular formula is C22H25N3O5. The second-order valence-corrected chi connectivity index (χ2v) is 6.94. The first-order valence-corrected chi connectivity index (χ1v) is 9.35. The number of rotatable bonds is 7. The Balaban J connectivity index is 1.81. The normalized spacial score (nSPS) is 10.1. The number of benzene rings is 2. The number of amides is 3. The predicted octanol–water partition coefficient (Wildman–Crippen LogP) is 2.48. The average Bonchev–Trinajstić information content (AvgIpc) is 2.67. The van der Waals surface area contributed by atoms with Crippen molar-refractivity contribution in [1.82, 2.24) is 5.32 Å². The number of hydrogen-bond acceptors (Lipinski definition) is 5. The number of anilines is 2. The van der Waals surface area contributed by atoms with Gasteiger partial charge in [0.05, 0.1) is 12.1 Å². The Morgan fingerprint density at radius 2 is 1.57 bits per heavy atom. The highest BCUT2D eigenvalue weighted by Gasteiger charge is 2.13. The van der Waals surface area contributed by atoms with E-state index in [-0.39, 0.29) is 23.9 Å². The third-order valence-electron chi connectivity index (χ3n) is 4.14. The van der Waals surface area contributed by atoms with Crippen molar-refractivity contribution in [3.05, 3.63) is 58.7 Å². The lowest BCUT2D eigenvalue weighted by Gasteiger charge is -2.13. The Morgan fingerprint density at radius 1 is 0.900 bits per heavy atom. The summed E-state index contributed by atoms with van der Waals surface area (Å²) in [6.07, 6.45) is 0. The summed E-state index contributed by atoms with van der Waals surface area (Å²) in [4.78, 5) is 47.2. The van der Waals surface area contributed by atoms with E-state index in [2.05, 4.69) is 16.0 Å². The van der Waals surface area contributed by atoms with E-state index in [1.807, 2.05) is 32.9 Å². The molecule has 0 aromatic heterocycles. The fourth-order valence-corrected chi connectivity index (χ4v) is 2.93. The summed E-state index contributed by atoms with van der Waals surface area (Å²) in [5, 5.41) is 7.75. The van der Waals surface area contributed by atoms with Crippen LogP contribution in [-0.2, 0) is 19.1 Å². The maximum Gasteiger partial charge on any atom is 0.338 e. The first kappa shape index (κ1) is 22.6. The van der Waals surface area contributed by atoms with Gasteiger partial charge in [0.1, 0.15) is 0 Å². The molecule has 2 aromatic rings. The van der Waals surface area contributed by atoms with Crippen LogP contribution in [0.4, 0.5) is 11.4 Å². The van der Waals surface area contributed by atoms with Gasteiger partial charge < -0.3 is 20.7 Å². The maximum absolute atomic E-state index is 12.1. The summed E-state index contributed by atoms with van der Waals surface area (Å²) in [5.41, 5.74) is 4.31. The molecule has 0 atom stereocenters. The van der Waals surface area contributed by atoms with E-state index in [1.165, 1.54) is 19.1 Å². The van der Waals surface area contributed by atoms with Crippen molar-refractivity contribution in [2.45, 2.75) is 27.7 Å². The van der Waals surface area contributed by atoms with Crippen LogP contribution >= 0.6 is 0 Å². The van der Waals surface area contributed by atoms with Gasteiger partial charge in [0.2, 0.25) is 11.8 Å². The van der Waals surface area contributed by atoms with Gasteiger partial charge in [-0.2, -0.15) is 0 Å². The van der Waals surface area contributed by atoms with Gasteiger partial charge in [0, 0.05) is 18.3 Å². The van der Waals surface area contributed by atoms with Gasteiger partial charge in [0.25, 0.3) is 5.91 Å². The molecule has 2 rings (SSSR count). The van der Waals surface area contributed by atoms with Crippen LogP contribution in [0.15, 0.2) is 36.4 Å². The van der Waals surface area contributed by atoms with Crippen molar-refractivity contribution in [3.8, 4) is 0 Å². The molecule has 0 heterocycles. The van der Waals surface area contributed by atoms with Crippen LogP contribution in [0.5, 0.6) is 0 Å². The van der Waals surface area contributed by atoms with Crippen LogP contribution in [0.2, 0.25) is 0 Å². The minimum atomic E-state index is -0.715. The van der Waals surface area contributed by atoms with E-state index in [1.54, 1.807) is 12.1 Å². The van der Waals surface area contributed by atoms with Crippen LogP contribution in [0.25, 0.3) is 0 Å². The molecule has 0 saturated carbocycles. The zero-order valence-electron chi connectivity index (χ0n) is 17.4. The first-order chi connectivity index (χ1) is 14.2. The molecule has 8 nitrogen and oxygen atoms in total. The van der Waals surface area contributed by atoms with Crippen LogP contribution < -0.4 is 16.0 Å². The molecule has 158 valence electrons. The summed E-state index contributed by atoms with van der Waals surface area (Å²) < 4.78 is 4.96. The summed E-state index contributed by atoms with van der Waals surface area (Å²) >= 11 is 0. The van der Waals surface area contributed by atoms with Crippen molar-refractivity contribution in [3.63, 3.8) is 0 Å². The molecule has 0 saturated heterocycles. The molecule has 2 aromatic carbocycles. The summed E-state index contributed by atoms with van der Waals surface area (Å²) in [6, 6.07) is 10.1. The molecule has 0 aliphatic carbocycles. The standard InChI is InChI=1S/C22H25N3O5/c1-13-8-14(2)21(15(3)9-13)25-19(27)11-23-20(28)12-30-22(29)17-6-5-7-18(10-17)24-16(4)26/h5-10H,11-12H2,1-4H3,(H,23,28)(H,24,26)(H,25,27). The highest BCUT2D eigenvalue weighted by atomic mass is 16.5. The number of nitrogens with one attached hydrogen (secondary N) is 3. The Kier molecular flexibility index (Phi) is 7.69. The molecule has 8 heteroatoms. The SMILES string of the molecule is CC(=O)Nc1cccc(C(=O)OCC(=O)NCC(=O)Nc2c(C)cc(C)cc2C)c1. The van der Waals surface area contributed by atoms with Gasteiger partial charge in [-0.05, 0) is 50.1 Å². The predicted molar refractivity (Wildman–Crippen MR) is 113 cm³/mol. The third kappa shape index (κ3) is 6.73. The van der Waals surface area contributed by atoms with Gasteiger partial charge in [-0.25, -0.2) is 4.79 Å². The zero-order chi connectivity index (χ0) is 22.3. The molecule has 0 unspecified atom stereocenters. The molecular weight excluding hydrogens is 386 g/mol. The molecule has 0 aliphatic rings. The van der Waals surface area contributed by atoms with Gasteiger partial charge in [-0.15, -0.1) is 0 Å². The number of carbonyl (C=O) groups excluding carboxylic acids is 4. The minimum Gasteiger partial charge on any atom is -0.452 e. The number of ether oxygens (including phenoxy) is 1. The van der Waals surface area contributed by atoms with Gasteiger partial charge >= 0.3 is 5.97 Å². The molecule has 3 N–H and O–H groups in total. The number of carbonyl (C=O) groups is 4. The molecule has 0 bridgehead atoms. The summed E-state index contributed by atoms with van der Waals surface area (Å²) in [7, 11) is 0. The van der Waals surface area contributed by atoms with Crippen molar-refractivity contribution in [1.29, 1.82) is 0 Å². The minimum absolute atomic E-state index is 0.192. The molecule has 0 aliphatic heterocycles. The Morgan fingerprint density at radius 3 is 2.20 bits per heavy atom. The third-order valence-corrected chi connectivity index (χ3v) is 4.14. The van der Waals surface area contributed by atoms with Gasteiger partial charge in [-0.1, -0.05) is 23.8 Å². The second-order valence-electron chi connectivity index (χ2n) is 6.94. The summed E-state index contributed by atoms with van der Waals surface area (Å²) in [5.74, 6) is -1.97. The van der Waals surface area contributed by atoms with Crippen LogP contribution in [-0.4, -0.2) is 36.8 Å². The van der Waals surface area contributed by atoms with E-state index in [0.717, 1.165) is 16.7 Å². The molecule has 30 heavy (non-hydrogen) atoms. The topological polar surface area (TPSA) is 114 Å². The molecule has 0 fully saturated rings. The highest BCUT2D eigenvalue weighted by molar-refractivity contribution is 5.97. The number of esters is 1. The van der Waals surface area contributed by atoms with Crippen LogP contribution in [0.1, 0.15) is 34.0 Å². The molecule has 0 spiro atoms. The fourth-order valence-electron chi connectivity index (χ4n) is 2.93. The fraction of sp³-hybridized carbons (Fsp3) is 0.273. The number of aryl methyl sites for hydroxylation is 3. The Bertz CT molecular complexity index is 961. The average molecular weight is 411 g/mol. The smallest absolute Gasteiger partial charge is 0.338 e. The lowest BCUT2D eigenvalue weighted by atomic mass is 10.1. The number of hydrogen-bond donors (Lipinski definition) is 3. The molecule has 0 radical (unpaired) electrons. The zero-order valence-corrected chi connectivity index (χ0v) is 17.4. The van der Waals surface area contributed by atoms with Crippen LogP contribution in [0.3, 0.4) is 0 Å². The van der Waals surface area contributed by atoms with E-state index in [4.69, 9.17) is 4.74 Å².